The fourth-order valence-corrected chi connectivity index (χ4v) is 2.76. The molecule has 0 aliphatic rings. The van der Waals surface area contributed by atoms with Crippen molar-refractivity contribution in [3.63, 3.8) is 0 Å². The summed E-state index contributed by atoms with van der Waals surface area (Å²) >= 11 is 2.19. The molecule has 6 heteroatoms. The van der Waals surface area contributed by atoms with Crippen LogP contribution in [0, 0.1) is 0 Å². The molecular weight excluding hydrogens is 395 g/mol. The number of aromatic nitrogens is 1. The number of carbonyl (C=O) groups excluding carboxylic acids is 1. The zero-order valence-electron chi connectivity index (χ0n) is 11.4. The van der Waals surface area contributed by atoms with Crippen molar-refractivity contribution in [2.24, 2.45) is 0 Å². The van der Waals surface area contributed by atoms with E-state index in [0.29, 0.717) is 20.9 Å². The lowest BCUT2D eigenvalue weighted by atomic mass is 10.1. The molecule has 0 radical (unpaired) electrons. The van der Waals surface area contributed by atoms with E-state index in [1.165, 1.54) is 0 Å². The normalized spacial score (nSPS) is 10.6. The fourth-order valence-electron chi connectivity index (χ4n) is 2.10. The molecule has 3 aromatic rings. The Morgan fingerprint density at radius 3 is 2.68 bits per heavy atom. The number of hydrogen-bond acceptors (Lipinski definition) is 4. The molecule has 0 saturated heterocycles. The van der Waals surface area contributed by atoms with E-state index in [1.807, 2.05) is 12.1 Å². The number of halogens is 1. The lowest BCUT2D eigenvalue weighted by Gasteiger charge is -2.07. The highest BCUT2D eigenvalue weighted by molar-refractivity contribution is 14.1. The van der Waals surface area contributed by atoms with Gasteiger partial charge in [-0.3, -0.25) is 10.1 Å². The Morgan fingerprint density at radius 1 is 1.14 bits per heavy atom. The van der Waals surface area contributed by atoms with Gasteiger partial charge >= 0.3 is 11.6 Å². The molecule has 5 nitrogen and oxygen atoms in total. The predicted molar refractivity (Wildman–Crippen MR) is 92.4 cm³/mol. The lowest BCUT2D eigenvalue weighted by molar-refractivity contribution is 0.102. The maximum absolute atomic E-state index is 12.3. The Kier molecular flexibility index (Phi) is 4.19. The topological polar surface area (TPSA) is 72.2 Å². The van der Waals surface area contributed by atoms with Gasteiger partial charge in [0, 0.05) is 9.99 Å². The van der Waals surface area contributed by atoms with Crippen LogP contribution >= 0.6 is 22.6 Å². The quantitative estimate of drug-likeness (QED) is 0.535. The van der Waals surface area contributed by atoms with Crippen LogP contribution in [0.1, 0.15) is 15.9 Å². The minimum Gasteiger partial charge on any atom is -0.388 e. The summed E-state index contributed by atoms with van der Waals surface area (Å²) in [5.41, 5.74) is 1.40. The zero-order chi connectivity index (χ0) is 15.5. The van der Waals surface area contributed by atoms with Crippen molar-refractivity contribution in [3.8, 4) is 0 Å². The van der Waals surface area contributed by atoms with E-state index in [0.717, 1.165) is 5.56 Å². The third-order valence-electron chi connectivity index (χ3n) is 3.16. The van der Waals surface area contributed by atoms with Crippen LogP contribution in [-0.4, -0.2) is 10.9 Å². The summed E-state index contributed by atoms with van der Waals surface area (Å²) in [5.74, 6) is -0.349. The average Bonchev–Trinajstić information content (AvgIpc) is 2.55. The number of para-hydroxylation sites is 1. The number of carbonyl (C=O) groups is 1. The van der Waals surface area contributed by atoms with Crippen molar-refractivity contribution in [2.45, 2.75) is 4.43 Å². The zero-order valence-corrected chi connectivity index (χ0v) is 13.5. The molecule has 0 aliphatic heterocycles. The van der Waals surface area contributed by atoms with Gasteiger partial charge < -0.3 is 4.42 Å². The number of alkyl halides is 1. The van der Waals surface area contributed by atoms with Gasteiger partial charge in [-0.05, 0) is 23.8 Å². The monoisotopic (exact) mass is 406 g/mol. The Hall–Kier alpha value is -2.22. The van der Waals surface area contributed by atoms with Crippen LogP contribution in [0.25, 0.3) is 10.9 Å². The molecule has 0 atom stereocenters. The van der Waals surface area contributed by atoms with Crippen molar-refractivity contribution >= 4 is 45.4 Å². The first-order valence-corrected chi connectivity index (χ1v) is 8.06. The maximum atomic E-state index is 12.3. The molecule has 0 fully saturated rings. The number of amides is 1. The number of anilines is 1. The molecule has 0 bridgehead atoms. The van der Waals surface area contributed by atoms with E-state index in [1.54, 1.807) is 36.4 Å². The number of nitrogens with zero attached hydrogens (tertiary/aromatic N) is 1. The largest absolute Gasteiger partial charge is 0.388 e. The maximum Gasteiger partial charge on any atom is 0.348 e. The van der Waals surface area contributed by atoms with E-state index >= 15 is 0 Å². The molecule has 1 amide bonds. The summed E-state index contributed by atoms with van der Waals surface area (Å²) in [4.78, 5) is 28.4. The van der Waals surface area contributed by atoms with E-state index in [-0.39, 0.29) is 11.9 Å². The van der Waals surface area contributed by atoms with E-state index < -0.39 is 5.63 Å². The summed E-state index contributed by atoms with van der Waals surface area (Å²) in [5, 5.41) is 2.93. The standard InChI is InChI=1S/C16H11IN2O3/c17-9-10-5-1-2-6-11(10)14(20)19-16-18-13-8-4-3-7-12(13)15(21)22-16/h1-8H,9H2,(H,18,19,20). The summed E-state index contributed by atoms with van der Waals surface area (Å²) in [6.45, 7) is 0. The van der Waals surface area contributed by atoms with Crippen LogP contribution in [0.4, 0.5) is 6.01 Å². The number of fused-ring (bicyclic) bond motifs is 1. The molecule has 2 aromatic carbocycles. The smallest absolute Gasteiger partial charge is 0.348 e. The SMILES string of the molecule is O=C(Nc1nc2ccccc2c(=O)o1)c1ccccc1CI. The van der Waals surface area contributed by atoms with Gasteiger partial charge in [-0.2, -0.15) is 4.98 Å². The van der Waals surface area contributed by atoms with Crippen molar-refractivity contribution in [1.29, 1.82) is 0 Å². The van der Waals surface area contributed by atoms with Crippen molar-refractivity contribution in [3.05, 3.63) is 70.1 Å². The van der Waals surface area contributed by atoms with Crippen LogP contribution in [0.5, 0.6) is 0 Å². The van der Waals surface area contributed by atoms with Crippen molar-refractivity contribution in [2.75, 3.05) is 5.32 Å². The first-order chi connectivity index (χ1) is 10.7. The molecule has 22 heavy (non-hydrogen) atoms. The third-order valence-corrected chi connectivity index (χ3v) is 3.98. The van der Waals surface area contributed by atoms with E-state index in [9.17, 15) is 9.59 Å². The first kappa shape index (κ1) is 14.7. The summed E-state index contributed by atoms with van der Waals surface area (Å²) in [6.07, 6.45) is 0. The minimum absolute atomic E-state index is 0.100. The van der Waals surface area contributed by atoms with Crippen molar-refractivity contribution in [1.82, 2.24) is 4.98 Å². The summed E-state index contributed by atoms with van der Waals surface area (Å²) in [6, 6.07) is 14.0. The Bertz CT molecular complexity index is 905. The van der Waals surface area contributed by atoms with Crippen LogP contribution in [0.2, 0.25) is 0 Å². The van der Waals surface area contributed by atoms with E-state index in [2.05, 4.69) is 32.9 Å². The molecule has 0 saturated carbocycles. The van der Waals surface area contributed by atoms with Gasteiger partial charge in [0.25, 0.3) is 5.91 Å². The summed E-state index contributed by atoms with van der Waals surface area (Å²) < 4.78 is 5.76. The second-order valence-corrected chi connectivity index (χ2v) is 5.33. The first-order valence-electron chi connectivity index (χ1n) is 6.54. The number of benzene rings is 2. The number of nitrogens with one attached hydrogen (secondary N) is 1. The van der Waals surface area contributed by atoms with Gasteiger partial charge in [0.1, 0.15) is 0 Å². The highest BCUT2D eigenvalue weighted by Crippen LogP contribution is 2.15. The molecule has 1 N–H and O–H groups in total. The number of hydrogen-bond donors (Lipinski definition) is 1. The van der Waals surface area contributed by atoms with Crippen LogP contribution < -0.4 is 10.9 Å². The van der Waals surface area contributed by atoms with Gasteiger partial charge in [-0.1, -0.05) is 52.9 Å². The summed E-state index contributed by atoms with van der Waals surface area (Å²) in [7, 11) is 0. The fraction of sp³-hybridized carbons (Fsp3) is 0.0625. The number of rotatable bonds is 3. The Balaban J connectivity index is 1.96. The lowest BCUT2D eigenvalue weighted by Crippen LogP contribution is -2.16. The molecule has 1 heterocycles. The molecule has 0 aliphatic carbocycles. The van der Waals surface area contributed by atoms with Crippen LogP contribution in [0.3, 0.4) is 0 Å². The molecular formula is C16H11IN2O3. The molecule has 110 valence electrons. The second kappa shape index (κ2) is 6.27. The van der Waals surface area contributed by atoms with Gasteiger partial charge in [0.15, 0.2) is 0 Å². The highest BCUT2D eigenvalue weighted by Gasteiger charge is 2.13. The molecule has 0 unspecified atom stereocenters. The Morgan fingerprint density at radius 2 is 1.86 bits per heavy atom. The van der Waals surface area contributed by atoms with Crippen LogP contribution in [-0.2, 0) is 4.43 Å². The molecule has 3 rings (SSSR count). The van der Waals surface area contributed by atoms with E-state index in [4.69, 9.17) is 4.42 Å². The molecule has 0 spiro atoms. The Labute approximate surface area is 139 Å². The predicted octanol–water partition coefficient (Wildman–Crippen LogP) is 3.38. The average molecular weight is 406 g/mol. The van der Waals surface area contributed by atoms with Gasteiger partial charge in [-0.25, -0.2) is 4.79 Å². The van der Waals surface area contributed by atoms with Crippen LogP contribution in [0.15, 0.2) is 57.7 Å². The third kappa shape index (κ3) is 2.87. The van der Waals surface area contributed by atoms with Gasteiger partial charge in [-0.15, -0.1) is 0 Å². The molecule has 1 aromatic heterocycles. The minimum atomic E-state index is -0.525. The van der Waals surface area contributed by atoms with Crippen molar-refractivity contribution < 1.29 is 9.21 Å². The van der Waals surface area contributed by atoms with Gasteiger partial charge in [0.2, 0.25) is 0 Å². The second-order valence-electron chi connectivity index (χ2n) is 4.57. The highest BCUT2D eigenvalue weighted by atomic mass is 127. The van der Waals surface area contributed by atoms with Gasteiger partial charge in [0.05, 0.1) is 10.9 Å².